The highest BCUT2D eigenvalue weighted by Crippen LogP contribution is 2.26. The molecule has 0 saturated carbocycles. The third-order valence-electron chi connectivity index (χ3n) is 3.62. The van der Waals surface area contributed by atoms with Crippen molar-refractivity contribution in [2.75, 3.05) is 6.54 Å². The van der Waals surface area contributed by atoms with E-state index in [9.17, 15) is 9.90 Å². The van der Waals surface area contributed by atoms with Gasteiger partial charge in [0.25, 0.3) is 5.91 Å². The Morgan fingerprint density at radius 3 is 2.83 bits per heavy atom. The van der Waals surface area contributed by atoms with Crippen molar-refractivity contribution in [2.24, 2.45) is 0 Å². The molecule has 0 saturated heterocycles. The van der Waals surface area contributed by atoms with E-state index in [1.165, 1.54) is 0 Å². The molecule has 0 aliphatic rings. The van der Waals surface area contributed by atoms with Crippen molar-refractivity contribution in [1.29, 1.82) is 0 Å². The van der Waals surface area contributed by atoms with E-state index in [2.05, 4.69) is 10.3 Å². The lowest BCUT2D eigenvalue weighted by atomic mass is 10.1. The number of nitrogens with one attached hydrogen (secondary N) is 2. The highest BCUT2D eigenvalue weighted by Gasteiger charge is 2.15. The van der Waals surface area contributed by atoms with Gasteiger partial charge in [-0.2, -0.15) is 0 Å². The van der Waals surface area contributed by atoms with Gasteiger partial charge in [-0.15, -0.1) is 0 Å². The fourth-order valence-electron chi connectivity index (χ4n) is 2.45. The van der Waals surface area contributed by atoms with Gasteiger partial charge in [0.15, 0.2) is 0 Å². The average molecular weight is 349 g/mol. The van der Waals surface area contributed by atoms with Crippen LogP contribution in [0.15, 0.2) is 48.7 Å². The number of amides is 1. The Balaban J connectivity index is 1.72. The monoisotopic (exact) mass is 348 g/mol. The number of carbonyl (C=O) groups excluding carboxylic acids is 1. The number of H-pyrrole nitrogens is 1. The Morgan fingerprint density at radius 2 is 2.04 bits per heavy atom. The molecule has 23 heavy (non-hydrogen) atoms. The molecule has 118 valence electrons. The van der Waals surface area contributed by atoms with Crippen LogP contribution in [0.3, 0.4) is 0 Å². The van der Waals surface area contributed by atoms with E-state index >= 15 is 0 Å². The van der Waals surface area contributed by atoms with Gasteiger partial charge in [0, 0.05) is 44.8 Å². The van der Waals surface area contributed by atoms with Crippen molar-refractivity contribution in [1.82, 2.24) is 10.3 Å². The van der Waals surface area contributed by atoms with Crippen molar-refractivity contribution < 1.29 is 9.90 Å². The Kier molecular flexibility index (Phi) is 4.57. The van der Waals surface area contributed by atoms with Gasteiger partial charge in [-0.05, 0) is 30.3 Å². The number of hydrogen-bond donors (Lipinski definition) is 3. The predicted molar refractivity (Wildman–Crippen MR) is 92.1 cm³/mol. The lowest BCUT2D eigenvalue weighted by Crippen LogP contribution is -2.28. The molecule has 4 nitrogen and oxygen atoms in total. The SMILES string of the molecule is O=C(NCC(O)c1ccc(Cl)cc1Cl)c1cccc2[nH]ccc12. The zero-order chi connectivity index (χ0) is 16.4. The number of aromatic nitrogens is 1. The van der Waals surface area contributed by atoms with Crippen LogP contribution in [0, 0.1) is 0 Å². The molecule has 0 aliphatic carbocycles. The molecule has 3 aromatic rings. The molecule has 2 aromatic carbocycles. The lowest BCUT2D eigenvalue weighted by Gasteiger charge is -2.14. The summed E-state index contributed by atoms with van der Waals surface area (Å²) in [5, 5.41) is 14.6. The quantitative estimate of drug-likeness (QED) is 0.668. The van der Waals surface area contributed by atoms with Gasteiger partial charge >= 0.3 is 0 Å². The minimum atomic E-state index is -0.908. The number of benzene rings is 2. The summed E-state index contributed by atoms with van der Waals surface area (Å²) in [4.78, 5) is 15.4. The van der Waals surface area contributed by atoms with E-state index in [4.69, 9.17) is 23.2 Å². The average Bonchev–Trinajstić information content (AvgIpc) is 3.00. The summed E-state index contributed by atoms with van der Waals surface area (Å²) in [7, 11) is 0. The molecule has 1 heterocycles. The third-order valence-corrected chi connectivity index (χ3v) is 4.18. The Bertz CT molecular complexity index is 861. The molecule has 0 radical (unpaired) electrons. The molecule has 0 bridgehead atoms. The fourth-order valence-corrected chi connectivity index (χ4v) is 2.98. The number of carbonyl (C=O) groups is 1. The maximum Gasteiger partial charge on any atom is 0.252 e. The second-order valence-electron chi connectivity index (χ2n) is 5.14. The van der Waals surface area contributed by atoms with E-state index in [-0.39, 0.29) is 12.5 Å². The number of halogens is 2. The first-order valence-corrected chi connectivity index (χ1v) is 7.79. The van der Waals surface area contributed by atoms with Gasteiger partial charge in [0.1, 0.15) is 0 Å². The normalized spacial score (nSPS) is 12.3. The molecule has 0 fully saturated rings. The molecular formula is C17H14Cl2N2O2. The molecule has 3 rings (SSSR count). The second-order valence-corrected chi connectivity index (χ2v) is 5.98. The number of rotatable bonds is 4. The summed E-state index contributed by atoms with van der Waals surface area (Å²) in [6, 6.07) is 12.1. The molecule has 0 aliphatic heterocycles. The van der Waals surface area contributed by atoms with Gasteiger partial charge in [-0.3, -0.25) is 4.79 Å². The van der Waals surface area contributed by atoms with Crippen molar-refractivity contribution in [3.63, 3.8) is 0 Å². The number of aliphatic hydroxyl groups excluding tert-OH is 1. The fraction of sp³-hybridized carbons (Fsp3) is 0.118. The second kappa shape index (κ2) is 6.62. The van der Waals surface area contributed by atoms with Crippen LogP contribution in [0.5, 0.6) is 0 Å². The van der Waals surface area contributed by atoms with Crippen LogP contribution in [-0.2, 0) is 0 Å². The van der Waals surface area contributed by atoms with Crippen molar-refractivity contribution in [3.05, 3.63) is 69.8 Å². The van der Waals surface area contributed by atoms with Crippen molar-refractivity contribution in [3.8, 4) is 0 Å². The highest BCUT2D eigenvalue weighted by molar-refractivity contribution is 6.35. The summed E-state index contributed by atoms with van der Waals surface area (Å²) in [6.07, 6.45) is 0.873. The van der Waals surface area contributed by atoms with Crippen LogP contribution in [0.2, 0.25) is 10.0 Å². The van der Waals surface area contributed by atoms with Gasteiger partial charge in [0.05, 0.1) is 6.10 Å². The van der Waals surface area contributed by atoms with Crippen LogP contribution in [0.25, 0.3) is 10.9 Å². The molecule has 1 amide bonds. The highest BCUT2D eigenvalue weighted by atomic mass is 35.5. The number of aromatic amines is 1. The van der Waals surface area contributed by atoms with Gasteiger partial charge < -0.3 is 15.4 Å². The predicted octanol–water partition coefficient (Wildman–Crippen LogP) is 3.94. The summed E-state index contributed by atoms with van der Waals surface area (Å²) < 4.78 is 0. The molecular weight excluding hydrogens is 335 g/mol. The molecule has 3 N–H and O–H groups in total. The van der Waals surface area contributed by atoms with Crippen molar-refractivity contribution in [2.45, 2.75) is 6.10 Å². The van der Waals surface area contributed by atoms with Crippen LogP contribution < -0.4 is 5.32 Å². The van der Waals surface area contributed by atoms with Crippen LogP contribution in [0.4, 0.5) is 0 Å². The first-order chi connectivity index (χ1) is 11.1. The maximum absolute atomic E-state index is 12.3. The standard InChI is InChI=1S/C17H14Cl2N2O2/c18-10-4-5-13(14(19)8-10)16(22)9-21-17(23)12-2-1-3-15-11(12)6-7-20-15/h1-8,16,20,22H,9H2,(H,21,23). The summed E-state index contributed by atoms with van der Waals surface area (Å²) in [6.45, 7) is 0.0565. The van der Waals surface area contributed by atoms with Crippen LogP contribution >= 0.6 is 23.2 Å². The maximum atomic E-state index is 12.3. The Hall–Kier alpha value is -2.01. The lowest BCUT2D eigenvalue weighted by molar-refractivity contribution is 0.0918. The Labute approximate surface area is 143 Å². The van der Waals surface area contributed by atoms with E-state index in [1.807, 2.05) is 12.1 Å². The third kappa shape index (κ3) is 3.34. The summed E-state index contributed by atoms with van der Waals surface area (Å²) in [5.41, 5.74) is 1.97. The van der Waals surface area contributed by atoms with E-state index in [1.54, 1.807) is 36.5 Å². The van der Waals surface area contributed by atoms with Crippen molar-refractivity contribution >= 4 is 40.0 Å². The number of fused-ring (bicyclic) bond motifs is 1. The summed E-state index contributed by atoms with van der Waals surface area (Å²) in [5.74, 6) is -0.251. The van der Waals surface area contributed by atoms with Gasteiger partial charge in [-0.1, -0.05) is 35.3 Å². The minimum absolute atomic E-state index is 0.0565. The van der Waals surface area contributed by atoms with E-state index < -0.39 is 6.10 Å². The molecule has 0 spiro atoms. The Morgan fingerprint density at radius 1 is 1.22 bits per heavy atom. The largest absolute Gasteiger partial charge is 0.387 e. The molecule has 6 heteroatoms. The first-order valence-electron chi connectivity index (χ1n) is 7.03. The van der Waals surface area contributed by atoms with Crippen LogP contribution in [-0.4, -0.2) is 22.5 Å². The van der Waals surface area contributed by atoms with E-state index in [0.29, 0.717) is 21.2 Å². The number of aliphatic hydroxyl groups is 1. The molecule has 1 aromatic heterocycles. The van der Waals surface area contributed by atoms with Gasteiger partial charge in [-0.25, -0.2) is 0 Å². The topological polar surface area (TPSA) is 65.1 Å². The van der Waals surface area contributed by atoms with E-state index in [0.717, 1.165) is 10.9 Å². The van der Waals surface area contributed by atoms with Crippen LogP contribution in [0.1, 0.15) is 22.0 Å². The molecule has 1 atom stereocenters. The van der Waals surface area contributed by atoms with Gasteiger partial charge in [0.2, 0.25) is 0 Å². The number of hydrogen-bond acceptors (Lipinski definition) is 2. The molecule has 1 unspecified atom stereocenters. The summed E-state index contributed by atoms with van der Waals surface area (Å²) >= 11 is 11.9. The first kappa shape index (κ1) is 15.9. The minimum Gasteiger partial charge on any atom is -0.387 e. The smallest absolute Gasteiger partial charge is 0.252 e. The zero-order valence-corrected chi connectivity index (χ0v) is 13.5. The zero-order valence-electron chi connectivity index (χ0n) is 12.0.